The number of benzene rings is 1. The molecule has 1 atom stereocenters. The molecule has 0 fully saturated rings. The van der Waals surface area contributed by atoms with E-state index < -0.39 is 0 Å². The molecule has 0 aliphatic heterocycles. The van der Waals surface area contributed by atoms with Crippen LogP contribution in [0.15, 0.2) is 30.3 Å². The Kier molecular flexibility index (Phi) is 4.89. The molecule has 1 aromatic carbocycles. The molecule has 0 N–H and O–H groups in total. The normalized spacial score (nSPS) is 12.6. The first-order valence-corrected chi connectivity index (χ1v) is 7.39. The summed E-state index contributed by atoms with van der Waals surface area (Å²) < 4.78 is 1.88. The lowest BCUT2D eigenvalue weighted by molar-refractivity contribution is 0.655. The molecule has 0 saturated carbocycles. The van der Waals surface area contributed by atoms with E-state index in [4.69, 9.17) is 23.2 Å². The summed E-state index contributed by atoms with van der Waals surface area (Å²) in [5, 5.41) is 5.24. The Morgan fingerprint density at radius 1 is 1.26 bits per heavy atom. The predicted molar refractivity (Wildman–Crippen MR) is 81.2 cm³/mol. The van der Waals surface area contributed by atoms with Gasteiger partial charge < -0.3 is 0 Å². The van der Waals surface area contributed by atoms with Crippen LogP contribution in [0.1, 0.15) is 29.8 Å². The van der Waals surface area contributed by atoms with Crippen LogP contribution in [0.25, 0.3) is 0 Å². The highest BCUT2D eigenvalue weighted by atomic mass is 35.5. The third-order valence-corrected chi connectivity index (χ3v) is 4.21. The van der Waals surface area contributed by atoms with Crippen LogP contribution in [0, 0.1) is 0 Å². The van der Waals surface area contributed by atoms with Crippen molar-refractivity contribution in [3.63, 3.8) is 0 Å². The standard InChI is InChI=1S/C15H18Cl2N2/c1-3-13-15(17)14(19(2)18-13)9-12(10-16)11-7-5-4-6-8-11/h4-8,12H,3,9-10H2,1-2H3. The third-order valence-electron chi connectivity index (χ3n) is 3.40. The number of aryl methyl sites for hydroxylation is 2. The summed E-state index contributed by atoms with van der Waals surface area (Å²) in [6.07, 6.45) is 1.67. The van der Waals surface area contributed by atoms with Crippen molar-refractivity contribution < 1.29 is 0 Å². The molecular weight excluding hydrogens is 279 g/mol. The van der Waals surface area contributed by atoms with Crippen LogP contribution in [-0.2, 0) is 19.9 Å². The third kappa shape index (κ3) is 3.13. The van der Waals surface area contributed by atoms with Gasteiger partial charge in [0.1, 0.15) is 0 Å². The number of aromatic nitrogens is 2. The van der Waals surface area contributed by atoms with E-state index in [9.17, 15) is 0 Å². The van der Waals surface area contributed by atoms with E-state index in [0.717, 1.165) is 29.3 Å². The fraction of sp³-hybridized carbons (Fsp3) is 0.400. The number of hydrogen-bond acceptors (Lipinski definition) is 1. The van der Waals surface area contributed by atoms with Gasteiger partial charge >= 0.3 is 0 Å². The molecule has 0 amide bonds. The van der Waals surface area contributed by atoms with Gasteiger partial charge in [-0.2, -0.15) is 5.10 Å². The lowest BCUT2D eigenvalue weighted by Crippen LogP contribution is -2.08. The maximum absolute atomic E-state index is 6.39. The highest BCUT2D eigenvalue weighted by Crippen LogP contribution is 2.28. The Labute approximate surface area is 124 Å². The summed E-state index contributed by atoms with van der Waals surface area (Å²) in [7, 11) is 1.94. The lowest BCUT2D eigenvalue weighted by Gasteiger charge is -2.14. The highest BCUT2D eigenvalue weighted by Gasteiger charge is 2.18. The van der Waals surface area contributed by atoms with E-state index in [1.54, 1.807) is 0 Å². The van der Waals surface area contributed by atoms with E-state index in [-0.39, 0.29) is 5.92 Å². The average molecular weight is 297 g/mol. The van der Waals surface area contributed by atoms with Crippen LogP contribution in [0.5, 0.6) is 0 Å². The average Bonchev–Trinajstić information content (AvgIpc) is 2.72. The van der Waals surface area contributed by atoms with Crippen molar-refractivity contribution in [2.24, 2.45) is 7.05 Å². The summed E-state index contributed by atoms with van der Waals surface area (Å²) in [6.45, 7) is 2.06. The van der Waals surface area contributed by atoms with E-state index in [0.29, 0.717) is 5.88 Å². The van der Waals surface area contributed by atoms with E-state index >= 15 is 0 Å². The number of hydrogen-bond donors (Lipinski definition) is 0. The van der Waals surface area contributed by atoms with Gasteiger partial charge in [0.2, 0.25) is 0 Å². The SMILES string of the molecule is CCc1nn(C)c(CC(CCl)c2ccccc2)c1Cl. The highest BCUT2D eigenvalue weighted by molar-refractivity contribution is 6.31. The van der Waals surface area contributed by atoms with Gasteiger partial charge in [-0.25, -0.2) is 0 Å². The van der Waals surface area contributed by atoms with Gasteiger partial charge in [-0.1, -0.05) is 48.9 Å². The molecule has 0 spiro atoms. The molecule has 0 aliphatic carbocycles. The molecule has 2 rings (SSSR count). The van der Waals surface area contributed by atoms with Crippen LogP contribution in [-0.4, -0.2) is 15.7 Å². The second-order valence-electron chi connectivity index (χ2n) is 4.65. The summed E-state index contributed by atoms with van der Waals surface area (Å²) in [4.78, 5) is 0. The Balaban J connectivity index is 2.26. The van der Waals surface area contributed by atoms with Gasteiger partial charge in [-0.05, 0) is 18.4 Å². The van der Waals surface area contributed by atoms with E-state index in [1.807, 2.05) is 29.9 Å². The van der Waals surface area contributed by atoms with Crippen molar-refractivity contribution in [3.8, 4) is 0 Å². The van der Waals surface area contributed by atoms with Crippen molar-refractivity contribution >= 4 is 23.2 Å². The Morgan fingerprint density at radius 3 is 2.47 bits per heavy atom. The molecule has 0 bridgehead atoms. The van der Waals surface area contributed by atoms with E-state index in [2.05, 4.69) is 24.2 Å². The zero-order valence-electron chi connectivity index (χ0n) is 11.2. The number of nitrogens with zero attached hydrogens (tertiary/aromatic N) is 2. The Morgan fingerprint density at radius 2 is 1.95 bits per heavy atom. The molecule has 0 saturated heterocycles. The quantitative estimate of drug-likeness (QED) is 0.756. The van der Waals surface area contributed by atoms with Gasteiger partial charge in [-0.15, -0.1) is 11.6 Å². The second-order valence-corrected chi connectivity index (χ2v) is 5.34. The Bertz CT molecular complexity index is 535. The van der Waals surface area contributed by atoms with Crippen molar-refractivity contribution in [2.75, 3.05) is 5.88 Å². The van der Waals surface area contributed by atoms with Gasteiger partial charge in [0.05, 0.1) is 16.4 Å². The lowest BCUT2D eigenvalue weighted by atomic mass is 9.96. The summed E-state index contributed by atoms with van der Waals surface area (Å²) in [6, 6.07) is 10.3. The maximum atomic E-state index is 6.39. The minimum absolute atomic E-state index is 0.264. The number of alkyl halides is 1. The van der Waals surface area contributed by atoms with Crippen molar-refractivity contribution in [3.05, 3.63) is 52.3 Å². The second kappa shape index (κ2) is 6.44. The first-order valence-electron chi connectivity index (χ1n) is 6.48. The molecule has 19 heavy (non-hydrogen) atoms. The molecule has 2 nitrogen and oxygen atoms in total. The molecule has 1 unspecified atom stereocenters. The fourth-order valence-electron chi connectivity index (χ4n) is 2.26. The minimum Gasteiger partial charge on any atom is -0.271 e. The monoisotopic (exact) mass is 296 g/mol. The number of rotatable bonds is 5. The fourth-order valence-corrected chi connectivity index (χ4v) is 2.92. The van der Waals surface area contributed by atoms with Crippen molar-refractivity contribution in [2.45, 2.75) is 25.7 Å². The minimum atomic E-state index is 0.264. The molecule has 0 aliphatic rings. The molecule has 102 valence electrons. The summed E-state index contributed by atoms with van der Waals surface area (Å²) >= 11 is 12.5. The zero-order chi connectivity index (χ0) is 13.8. The Hall–Kier alpha value is -0.990. The number of halogens is 2. The summed E-state index contributed by atoms with van der Waals surface area (Å²) in [5.41, 5.74) is 3.27. The zero-order valence-corrected chi connectivity index (χ0v) is 12.7. The van der Waals surface area contributed by atoms with Crippen LogP contribution in [0.3, 0.4) is 0 Å². The first kappa shape index (κ1) is 14.4. The van der Waals surface area contributed by atoms with Gasteiger partial charge in [0.25, 0.3) is 0 Å². The van der Waals surface area contributed by atoms with E-state index in [1.165, 1.54) is 5.56 Å². The predicted octanol–water partition coefficient (Wildman–Crippen LogP) is 4.20. The summed E-state index contributed by atoms with van der Waals surface area (Å²) in [5.74, 6) is 0.841. The molecule has 4 heteroatoms. The molecule has 1 aromatic heterocycles. The topological polar surface area (TPSA) is 17.8 Å². The van der Waals surface area contributed by atoms with Crippen LogP contribution < -0.4 is 0 Å². The smallest absolute Gasteiger partial charge is 0.0849 e. The van der Waals surface area contributed by atoms with Crippen molar-refractivity contribution in [1.82, 2.24) is 9.78 Å². The van der Waals surface area contributed by atoms with Gasteiger partial charge in [0, 0.05) is 18.8 Å². The van der Waals surface area contributed by atoms with Crippen molar-refractivity contribution in [1.29, 1.82) is 0 Å². The first-order chi connectivity index (χ1) is 9.17. The molecule has 1 heterocycles. The van der Waals surface area contributed by atoms with Crippen LogP contribution in [0.2, 0.25) is 5.02 Å². The largest absolute Gasteiger partial charge is 0.271 e. The van der Waals surface area contributed by atoms with Crippen LogP contribution >= 0.6 is 23.2 Å². The molecular formula is C15H18Cl2N2. The molecule has 2 aromatic rings. The van der Waals surface area contributed by atoms with Gasteiger partial charge in [-0.3, -0.25) is 4.68 Å². The molecule has 0 radical (unpaired) electrons. The maximum Gasteiger partial charge on any atom is 0.0849 e. The van der Waals surface area contributed by atoms with Gasteiger partial charge in [0.15, 0.2) is 0 Å². The van der Waals surface area contributed by atoms with Crippen LogP contribution in [0.4, 0.5) is 0 Å².